The smallest absolute Gasteiger partial charge is 0.331 e. The summed E-state index contributed by atoms with van der Waals surface area (Å²) in [5, 5.41) is 0. The molecule has 2 aliphatic heterocycles. The molecule has 0 aromatic heterocycles. The first-order valence-electron chi connectivity index (χ1n) is 18.0. The number of fused-ring (bicyclic) bond motifs is 1. The zero-order chi connectivity index (χ0) is 36.8. The van der Waals surface area contributed by atoms with Crippen molar-refractivity contribution >= 4 is 11.9 Å². The first-order chi connectivity index (χ1) is 25.3. The average molecular weight is 718 g/mol. The minimum atomic E-state index is -0.565. The van der Waals surface area contributed by atoms with E-state index >= 15 is 0 Å². The lowest BCUT2D eigenvalue weighted by molar-refractivity contribution is -0.947. The highest BCUT2D eigenvalue weighted by atomic mass is 16.5. The summed E-state index contributed by atoms with van der Waals surface area (Å²) in [6.45, 7) is 7.08. The monoisotopic (exact) mass is 717 g/mol. The molecule has 1 saturated heterocycles. The molecular formula is C41H53N2O9+. The van der Waals surface area contributed by atoms with Crippen molar-refractivity contribution in [1.29, 1.82) is 0 Å². The fourth-order valence-electron chi connectivity index (χ4n) is 7.13. The Kier molecular flexibility index (Phi) is 14.4. The Labute approximate surface area is 307 Å². The van der Waals surface area contributed by atoms with E-state index in [-0.39, 0.29) is 19.3 Å². The SMILES string of the molecule is COc1ccc(C[C@@H]2c3cc(OC)c(OC)cc3CCN2CCCOC(=O)/C=C\C(=O)OCCC[N+]2(Cc3ccc(OC)cc3)CCOCC2)cc1. The van der Waals surface area contributed by atoms with Gasteiger partial charge in [-0.3, -0.25) is 4.90 Å². The number of ether oxygens (including phenoxy) is 7. The van der Waals surface area contributed by atoms with E-state index < -0.39 is 11.9 Å². The van der Waals surface area contributed by atoms with Gasteiger partial charge in [-0.1, -0.05) is 12.1 Å². The number of rotatable bonds is 18. The number of hydrogen-bond acceptors (Lipinski definition) is 10. The van der Waals surface area contributed by atoms with Crippen molar-refractivity contribution < 1.29 is 47.2 Å². The molecule has 0 spiro atoms. The summed E-state index contributed by atoms with van der Waals surface area (Å²) < 4.78 is 39.3. The van der Waals surface area contributed by atoms with E-state index in [9.17, 15) is 9.59 Å². The maximum Gasteiger partial charge on any atom is 0.331 e. The minimum absolute atomic E-state index is 0.102. The van der Waals surface area contributed by atoms with Crippen LogP contribution < -0.4 is 18.9 Å². The molecule has 5 rings (SSSR count). The summed E-state index contributed by atoms with van der Waals surface area (Å²) in [5.74, 6) is 1.97. The molecule has 11 heteroatoms. The van der Waals surface area contributed by atoms with Crippen LogP contribution in [-0.4, -0.2) is 109 Å². The van der Waals surface area contributed by atoms with Gasteiger partial charge in [0.15, 0.2) is 11.5 Å². The number of carbonyl (C=O) groups excluding carboxylic acids is 2. The Morgan fingerprint density at radius 2 is 1.35 bits per heavy atom. The molecular weight excluding hydrogens is 664 g/mol. The highest BCUT2D eigenvalue weighted by Gasteiger charge is 2.31. The Morgan fingerprint density at radius 3 is 1.94 bits per heavy atom. The van der Waals surface area contributed by atoms with Crippen LogP contribution >= 0.6 is 0 Å². The van der Waals surface area contributed by atoms with Gasteiger partial charge in [-0.25, -0.2) is 9.59 Å². The van der Waals surface area contributed by atoms with E-state index in [4.69, 9.17) is 33.2 Å². The number of morpholine rings is 1. The number of quaternary nitrogens is 1. The highest BCUT2D eigenvalue weighted by molar-refractivity contribution is 5.91. The Bertz CT molecular complexity index is 1620. The summed E-state index contributed by atoms with van der Waals surface area (Å²) in [6.07, 6.45) is 5.32. The van der Waals surface area contributed by atoms with Crippen LogP contribution in [0, 0.1) is 0 Å². The first kappa shape index (κ1) is 38.6. The molecule has 280 valence electrons. The molecule has 2 heterocycles. The van der Waals surface area contributed by atoms with E-state index in [1.165, 1.54) is 22.3 Å². The van der Waals surface area contributed by atoms with E-state index in [1.54, 1.807) is 28.4 Å². The molecule has 0 bridgehead atoms. The van der Waals surface area contributed by atoms with Gasteiger partial charge < -0.3 is 37.6 Å². The fraction of sp³-hybridized carbons (Fsp3) is 0.463. The van der Waals surface area contributed by atoms with Gasteiger partial charge in [0.25, 0.3) is 0 Å². The van der Waals surface area contributed by atoms with Gasteiger partial charge >= 0.3 is 11.9 Å². The van der Waals surface area contributed by atoms with Crippen LogP contribution in [0.1, 0.15) is 41.1 Å². The quantitative estimate of drug-likeness (QED) is 0.0743. The topological polar surface area (TPSA) is 102 Å². The maximum atomic E-state index is 12.5. The van der Waals surface area contributed by atoms with Gasteiger partial charge in [0.05, 0.1) is 61.4 Å². The molecule has 11 nitrogen and oxygen atoms in total. The van der Waals surface area contributed by atoms with Gasteiger partial charge in [-0.15, -0.1) is 0 Å². The van der Waals surface area contributed by atoms with Crippen molar-refractivity contribution in [3.8, 4) is 23.0 Å². The molecule has 0 saturated carbocycles. The van der Waals surface area contributed by atoms with Crippen LogP contribution in [0.4, 0.5) is 0 Å². The van der Waals surface area contributed by atoms with Gasteiger partial charge in [0.1, 0.15) is 31.1 Å². The van der Waals surface area contributed by atoms with E-state index in [0.29, 0.717) is 31.8 Å². The highest BCUT2D eigenvalue weighted by Crippen LogP contribution is 2.39. The third kappa shape index (κ3) is 10.7. The second-order valence-electron chi connectivity index (χ2n) is 13.3. The largest absolute Gasteiger partial charge is 0.497 e. The first-order valence-corrected chi connectivity index (χ1v) is 18.0. The van der Waals surface area contributed by atoms with Gasteiger partial charge in [-0.05, 0) is 84.5 Å². The lowest BCUT2D eigenvalue weighted by Gasteiger charge is -2.41. The second kappa shape index (κ2) is 19.3. The number of nitrogens with zero attached hydrogens (tertiary/aromatic N) is 2. The molecule has 3 aromatic rings. The number of esters is 2. The molecule has 0 unspecified atom stereocenters. The number of hydrogen-bond donors (Lipinski definition) is 0. The van der Waals surface area contributed by atoms with Crippen LogP contribution in [0.3, 0.4) is 0 Å². The van der Waals surface area contributed by atoms with Gasteiger partial charge in [0, 0.05) is 43.3 Å². The van der Waals surface area contributed by atoms with Crippen LogP contribution in [0.15, 0.2) is 72.8 Å². The minimum Gasteiger partial charge on any atom is -0.497 e. The molecule has 1 fully saturated rings. The molecule has 1 atom stereocenters. The number of benzene rings is 3. The predicted octanol–water partition coefficient (Wildman–Crippen LogP) is 5.33. The zero-order valence-corrected chi connectivity index (χ0v) is 31.0. The van der Waals surface area contributed by atoms with Gasteiger partial charge in [0.2, 0.25) is 0 Å². The summed E-state index contributed by atoms with van der Waals surface area (Å²) in [6, 6.07) is 20.6. The third-order valence-corrected chi connectivity index (χ3v) is 10.0. The fourth-order valence-corrected chi connectivity index (χ4v) is 7.13. The van der Waals surface area contributed by atoms with Crippen molar-refractivity contribution in [2.75, 3.05) is 87.6 Å². The van der Waals surface area contributed by atoms with Crippen LogP contribution in [0.2, 0.25) is 0 Å². The molecule has 3 aromatic carbocycles. The molecule has 0 amide bonds. The van der Waals surface area contributed by atoms with Crippen LogP contribution in [0.5, 0.6) is 23.0 Å². The summed E-state index contributed by atoms with van der Waals surface area (Å²) in [7, 11) is 6.64. The van der Waals surface area contributed by atoms with E-state index in [2.05, 4.69) is 41.3 Å². The van der Waals surface area contributed by atoms with Crippen molar-refractivity contribution in [2.24, 2.45) is 0 Å². The van der Waals surface area contributed by atoms with Crippen LogP contribution in [-0.2, 0) is 43.2 Å². The Morgan fingerprint density at radius 1 is 0.769 bits per heavy atom. The molecule has 52 heavy (non-hydrogen) atoms. The van der Waals surface area contributed by atoms with Gasteiger partial charge in [-0.2, -0.15) is 0 Å². The molecule has 2 aliphatic rings. The molecule has 0 N–H and O–H groups in total. The Hall–Kier alpha value is -4.58. The number of carbonyl (C=O) groups is 2. The normalized spacial score (nSPS) is 16.9. The summed E-state index contributed by atoms with van der Waals surface area (Å²) in [5.41, 5.74) is 4.87. The van der Waals surface area contributed by atoms with Crippen LogP contribution in [0.25, 0.3) is 0 Å². The maximum absolute atomic E-state index is 12.5. The van der Waals surface area contributed by atoms with Crippen molar-refractivity contribution in [3.63, 3.8) is 0 Å². The van der Waals surface area contributed by atoms with Crippen molar-refractivity contribution in [2.45, 2.75) is 38.3 Å². The summed E-state index contributed by atoms with van der Waals surface area (Å²) in [4.78, 5) is 27.3. The Balaban J connectivity index is 1.07. The predicted molar refractivity (Wildman–Crippen MR) is 197 cm³/mol. The van der Waals surface area contributed by atoms with E-state index in [0.717, 1.165) is 86.0 Å². The number of methoxy groups -OCH3 is 4. The second-order valence-corrected chi connectivity index (χ2v) is 13.3. The standard InChI is InChI=1S/C41H53N2O9/c1-46-34-11-7-31(8-12-34)27-37-36-29-39(49-4)38(48-3)28-33(36)17-19-42(37)18-5-23-51-40(44)15-16-41(45)52-24-6-20-43(21-25-50-26-22-43)30-32-9-13-35(47-2)14-10-32/h7-16,28-29,37H,5-6,17-27,30H2,1-4H3/q+1/b16-15-/t37-/m1/s1. The van der Waals surface area contributed by atoms with Crippen molar-refractivity contribution in [3.05, 3.63) is 95.1 Å². The summed E-state index contributed by atoms with van der Waals surface area (Å²) >= 11 is 0. The van der Waals surface area contributed by atoms with Crippen molar-refractivity contribution in [1.82, 2.24) is 4.90 Å². The molecule has 0 aliphatic carbocycles. The average Bonchev–Trinajstić information content (AvgIpc) is 3.18. The third-order valence-electron chi connectivity index (χ3n) is 10.0. The van der Waals surface area contributed by atoms with E-state index in [1.807, 2.05) is 24.3 Å². The zero-order valence-electron chi connectivity index (χ0n) is 31.0. The lowest BCUT2D eigenvalue weighted by Crippen LogP contribution is -2.55. The molecule has 0 radical (unpaired) electrons. The lowest BCUT2D eigenvalue weighted by atomic mass is 9.88.